The maximum atomic E-state index is 12.7. The predicted octanol–water partition coefficient (Wildman–Crippen LogP) is 5.13. The fraction of sp³-hybridized carbons (Fsp3) is 0.440. The summed E-state index contributed by atoms with van der Waals surface area (Å²) >= 11 is 0. The minimum Gasteiger partial charge on any atom is -0.497 e. The third-order valence-corrected chi connectivity index (χ3v) is 5.65. The molecule has 0 spiro atoms. The molecule has 1 aliphatic rings. The largest absolute Gasteiger partial charge is 0.497 e. The summed E-state index contributed by atoms with van der Waals surface area (Å²) in [6.45, 7) is 6.94. The number of carbonyl (C=O) groups is 1. The first-order valence-corrected chi connectivity index (χ1v) is 11.0. The monoisotopic (exact) mass is 437 g/mol. The summed E-state index contributed by atoms with van der Waals surface area (Å²) in [5, 5.41) is 0. The normalized spacial score (nSPS) is 16.8. The Bertz CT molecular complexity index is 1120. The van der Waals surface area contributed by atoms with Crippen molar-refractivity contribution >= 4 is 11.6 Å². The zero-order valence-corrected chi connectivity index (χ0v) is 19.4. The number of amides is 1. The van der Waals surface area contributed by atoms with E-state index in [4.69, 9.17) is 19.2 Å². The molecule has 1 amide bonds. The van der Waals surface area contributed by atoms with Crippen molar-refractivity contribution in [2.75, 3.05) is 27.3 Å². The number of aromatic nitrogens is 2. The molecule has 1 aliphatic heterocycles. The fourth-order valence-corrected chi connectivity index (χ4v) is 4.16. The summed E-state index contributed by atoms with van der Waals surface area (Å²) in [4.78, 5) is 19.6. The lowest BCUT2D eigenvalue weighted by Gasteiger charge is -2.33. The summed E-state index contributed by atoms with van der Waals surface area (Å²) in [5.74, 6) is 2.56. The van der Waals surface area contributed by atoms with Crippen molar-refractivity contribution in [2.45, 2.75) is 45.1 Å². The number of fused-ring (bicyclic) bond motifs is 1. The SMILES string of the molecule is COc1cccc(-c2nc(C3CCCN(C(=O)OC(C)(C)C)C3)n3cc(OC)ccc23)c1. The second-order valence-corrected chi connectivity index (χ2v) is 9.14. The summed E-state index contributed by atoms with van der Waals surface area (Å²) in [7, 11) is 3.32. The van der Waals surface area contributed by atoms with Gasteiger partial charge in [0.1, 0.15) is 22.9 Å². The lowest BCUT2D eigenvalue weighted by Crippen LogP contribution is -2.42. The molecule has 2 aromatic heterocycles. The average Bonchev–Trinajstić information content (AvgIpc) is 3.17. The number of likely N-dealkylation sites (tertiary alicyclic amines) is 1. The Morgan fingerprint density at radius 2 is 1.88 bits per heavy atom. The zero-order chi connectivity index (χ0) is 22.9. The maximum absolute atomic E-state index is 12.7. The molecule has 1 atom stereocenters. The number of piperidine rings is 1. The van der Waals surface area contributed by atoms with E-state index >= 15 is 0 Å². The van der Waals surface area contributed by atoms with Gasteiger partial charge in [0, 0.05) is 24.6 Å². The Labute approximate surface area is 188 Å². The first kappa shape index (κ1) is 22.0. The van der Waals surface area contributed by atoms with E-state index < -0.39 is 5.60 Å². The van der Waals surface area contributed by atoms with Crippen LogP contribution in [0, 0.1) is 0 Å². The van der Waals surface area contributed by atoms with Crippen molar-refractivity contribution in [1.82, 2.24) is 14.3 Å². The van der Waals surface area contributed by atoms with Gasteiger partial charge >= 0.3 is 6.09 Å². The number of imidazole rings is 1. The lowest BCUT2D eigenvalue weighted by molar-refractivity contribution is 0.0196. The van der Waals surface area contributed by atoms with Crippen LogP contribution in [-0.4, -0.2) is 53.3 Å². The first-order valence-electron chi connectivity index (χ1n) is 11.0. The van der Waals surface area contributed by atoms with E-state index in [1.807, 2.05) is 63.4 Å². The summed E-state index contributed by atoms with van der Waals surface area (Å²) in [6, 6.07) is 11.9. The Morgan fingerprint density at radius 3 is 2.59 bits per heavy atom. The van der Waals surface area contributed by atoms with Gasteiger partial charge in [0.2, 0.25) is 0 Å². The summed E-state index contributed by atoms with van der Waals surface area (Å²) < 4.78 is 18.6. The Morgan fingerprint density at radius 1 is 1.09 bits per heavy atom. The van der Waals surface area contributed by atoms with Gasteiger partial charge in [-0.05, 0) is 57.9 Å². The van der Waals surface area contributed by atoms with Gasteiger partial charge < -0.3 is 19.1 Å². The Balaban J connectivity index is 1.74. The van der Waals surface area contributed by atoms with Gasteiger partial charge in [-0.3, -0.25) is 4.40 Å². The van der Waals surface area contributed by atoms with E-state index in [-0.39, 0.29) is 12.0 Å². The minimum absolute atomic E-state index is 0.0928. The molecule has 1 fully saturated rings. The van der Waals surface area contributed by atoms with Crippen molar-refractivity contribution in [3.05, 3.63) is 48.4 Å². The van der Waals surface area contributed by atoms with Gasteiger partial charge in [-0.15, -0.1) is 0 Å². The van der Waals surface area contributed by atoms with Crippen LogP contribution in [0.4, 0.5) is 4.79 Å². The highest BCUT2D eigenvalue weighted by Crippen LogP contribution is 2.34. The molecule has 4 rings (SSSR count). The van der Waals surface area contributed by atoms with Crippen molar-refractivity contribution in [3.8, 4) is 22.8 Å². The van der Waals surface area contributed by atoms with E-state index in [9.17, 15) is 4.79 Å². The van der Waals surface area contributed by atoms with Gasteiger partial charge in [-0.2, -0.15) is 0 Å². The number of carbonyl (C=O) groups excluding carboxylic acids is 1. The second kappa shape index (κ2) is 8.73. The molecule has 0 radical (unpaired) electrons. The number of hydrogen-bond donors (Lipinski definition) is 0. The minimum atomic E-state index is -0.517. The third-order valence-electron chi connectivity index (χ3n) is 5.65. The number of benzene rings is 1. The van der Waals surface area contributed by atoms with Crippen molar-refractivity contribution < 1.29 is 19.0 Å². The van der Waals surface area contributed by atoms with Gasteiger partial charge in [0.05, 0.1) is 31.6 Å². The third kappa shape index (κ3) is 4.52. The molecule has 3 aromatic rings. The van der Waals surface area contributed by atoms with E-state index in [1.54, 1.807) is 19.1 Å². The zero-order valence-electron chi connectivity index (χ0n) is 19.4. The van der Waals surface area contributed by atoms with Crippen LogP contribution in [0.15, 0.2) is 42.6 Å². The van der Waals surface area contributed by atoms with Crippen LogP contribution in [-0.2, 0) is 4.74 Å². The Hall–Kier alpha value is -3.22. The molecule has 0 N–H and O–H groups in total. The van der Waals surface area contributed by atoms with Crippen molar-refractivity contribution in [3.63, 3.8) is 0 Å². The van der Waals surface area contributed by atoms with Crippen LogP contribution in [0.2, 0.25) is 0 Å². The smallest absolute Gasteiger partial charge is 0.410 e. The van der Waals surface area contributed by atoms with Gasteiger partial charge in [0.15, 0.2) is 0 Å². The molecule has 0 aliphatic carbocycles. The number of ether oxygens (including phenoxy) is 3. The first-order chi connectivity index (χ1) is 15.3. The van der Waals surface area contributed by atoms with Gasteiger partial charge in [-0.25, -0.2) is 9.78 Å². The van der Waals surface area contributed by atoms with E-state index in [1.165, 1.54) is 0 Å². The molecular weight excluding hydrogens is 406 g/mol. The van der Waals surface area contributed by atoms with Crippen LogP contribution in [0.25, 0.3) is 16.8 Å². The predicted molar refractivity (Wildman–Crippen MR) is 124 cm³/mol. The molecule has 1 aromatic carbocycles. The Kier molecular flexibility index (Phi) is 6.00. The molecule has 7 heteroatoms. The molecule has 32 heavy (non-hydrogen) atoms. The van der Waals surface area contributed by atoms with E-state index in [2.05, 4.69) is 4.40 Å². The average molecular weight is 438 g/mol. The maximum Gasteiger partial charge on any atom is 0.410 e. The van der Waals surface area contributed by atoms with Crippen LogP contribution >= 0.6 is 0 Å². The van der Waals surface area contributed by atoms with Crippen LogP contribution in [0.1, 0.15) is 45.4 Å². The number of nitrogens with zero attached hydrogens (tertiary/aromatic N) is 3. The summed E-state index contributed by atoms with van der Waals surface area (Å²) in [5.41, 5.74) is 2.34. The standard InChI is InChI=1S/C25H31N3O4/c1-25(2,3)32-24(29)27-13-7-9-18(15-27)23-26-22(17-8-6-10-19(14-17)30-4)21-12-11-20(31-5)16-28(21)23/h6,8,10-12,14,16,18H,7,9,13,15H2,1-5H3. The molecule has 3 heterocycles. The van der Waals surface area contributed by atoms with Crippen molar-refractivity contribution in [2.24, 2.45) is 0 Å². The highest BCUT2D eigenvalue weighted by atomic mass is 16.6. The van der Waals surface area contributed by atoms with Gasteiger partial charge in [-0.1, -0.05) is 12.1 Å². The number of hydrogen-bond acceptors (Lipinski definition) is 5. The van der Waals surface area contributed by atoms with Gasteiger partial charge in [0.25, 0.3) is 0 Å². The molecule has 1 saturated heterocycles. The van der Waals surface area contributed by atoms with E-state index in [0.29, 0.717) is 13.1 Å². The molecule has 170 valence electrons. The topological polar surface area (TPSA) is 65.3 Å². The molecular formula is C25H31N3O4. The molecule has 1 unspecified atom stereocenters. The van der Waals surface area contributed by atoms with E-state index in [0.717, 1.165) is 46.9 Å². The van der Waals surface area contributed by atoms with Crippen LogP contribution < -0.4 is 9.47 Å². The second-order valence-electron chi connectivity index (χ2n) is 9.14. The molecule has 0 saturated carbocycles. The lowest BCUT2D eigenvalue weighted by atomic mass is 9.97. The number of pyridine rings is 1. The highest BCUT2D eigenvalue weighted by Gasteiger charge is 2.31. The van der Waals surface area contributed by atoms with Crippen molar-refractivity contribution in [1.29, 1.82) is 0 Å². The summed E-state index contributed by atoms with van der Waals surface area (Å²) in [6.07, 6.45) is 3.55. The number of rotatable bonds is 4. The molecule has 0 bridgehead atoms. The number of methoxy groups -OCH3 is 2. The van der Waals surface area contributed by atoms with Crippen LogP contribution in [0.3, 0.4) is 0 Å². The fourth-order valence-electron chi connectivity index (χ4n) is 4.16. The van der Waals surface area contributed by atoms with Crippen LogP contribution in [0.5, 0.6) is 11.5 Å². The quantitative estimate of drug-likeness (QED) is 0.566. The molecule has 7 nitrogen and oxygen atoms in total. The highest BCUT2D eigenvalue weighted by molar-refractivity contribution is 5.79.